The quantitative estimate of drug-likeness (QED) is 0.173. The number of hydrogen-bond donors (Lipinski definition) is 0. The Morgan fingerprint density at radius 3 is 1.20 bits per heavy atom. The first-order valence-electron chi connectivity index (χ1n) is 23.7. The molecule has 4 aliphatic rings. The molecule has 0 radical (unpaired) electrons. The fourth-order valence-corrected chi connectivity index (χ4v) is 12.3. The average Bonchev–Trinajstić information content (AvgIpc) is 4.21. The molecule has 15 rings (SSSR count). The summed E-state index contributed by atoms with van der Waals surface area (Å²) in [7, 11) is 0. The van der Waals surface area contributed by atoms with E-state index >= 15 is 0 Å². The second-order valence-electron chi connectivity index (χ2n) is 19.8. The van der Waals surface area contributed by atoms with Gasteiger partial charge < -0.3 is 13.7 Å². The molecular weight excluding hydrogens is 803 g/mol. The molecule has 4 aliphatic carbocycles. The lowest BCUT2D eigenvalue weighted by molar-refractivity contribution is 0.669. The molecule has 3 nitrogen and oxygen atoms in total. The first-order chi connectivity index (χ1) is 32.4. The molecule has 0 atom stereocenters. The van der Waals surface area contributed by atoms with Crippen LogP contribution in [0.2, 0.25) is 0 Å². The standard InChI is InChI=1S/C63H45NO2/c1-36-12-18-39(19-13-36)48-34-52-56(58-46-8-4-6-10-54(46)65-60(48)58)44-26-24-42(32-50(44)62(52)28-29-62)64(41-22-16-38(3)17-23-41)43-25-27-45-51(33-43)63(30-31-63)53-35-49(40-20-14-37(2)15-21-40)61-59(57(45)53)47-9-5-7-11-55(47)66-61/h4-27,32-35H,28-31H2,1-3H3. The Kier molecular flexibility index (Phi) is 7.11. The second-order valence-corrected chi connectivity index (χ2v) is 19.8. The zero-order chi connectivity index (χ0) is 43.6. The van der Waals surface area contributed by atoms with Gasteiger partial charge in [0.1, 0.15) is 22.3 Å². The van der Waals surface area contributed by atoms with E-state index in [4.69, 9.17) is 8.83 Å². The van der Waals surface area contributed by atoms with Crippen LogP contribution in [0.4, 0.5) is 17.1 Å². The minimum atomic E-state index is -0.0306. The molecule has 2 fully saturated rings. The Morgan fingerprint density at radius 1 is 0.379 bits per heavy atom. The topological polar surface area (TPSA) is 29.5 Å². The summed E-state index contributed by atoms with van der Waals surface area (Å²) in [6.07, 6.45) is 4.54. The Balaban J connectivity index is 0.924. The summed E-state index contributed by atoms with van der Waals surface area (Å²) in [4.78, 5) is 2.51. The molecule has 66 heavy (non-hydrogen) atoms. The van der Waals surface area contributed by atoms with Crippen molar-refractivity contribution in [2.75, 3.05) is 4.90 Å². The number of furan rings is 2. The zero-order valence-corrected chi connectivity index (χ0v) is 37.3. The Hall–Kier alpha value is -7.62. The van der Waals surface area contributed by atoms with Gasteiger partial charge in [0, 0.05) is 60.6 Å². The van der Waals surface area contributed by atoms with Crippen LogP contribution in [0.3, 0.4) is 0 Å². The van der Waals surface area contributed by atoms with E-state index in [1.54, 1.807) is 0 Å². The Morgan fingerprint density at radius 2 is 0.773 bits per heavy atom. The predicted molar refractivity (Wildman–Crippen MR) is 272 cm³/mol. The van der Waals surface area contributed by atoms with Gasteiger partial charge in [-0.2, -0.15) is 0 Å². The van der Waals surface area contributed by atoms with Gasteiger partial charge in [0.2, 0.25) is 0 Å². The molecule has 0 amide bonds. The van der Waals surface area contributed by atoms with E-state index in [1.165, 1.54) is 116 Å². The number of para-hydroxylation sites is 2. The largest absolute Gasteiger partial charge is 0.455 e. The summed E-state index contributed by atoms with van der Waals surface area (Å²) in [5, 5.41) is 4.85. The Bertz CT molecular complexity index is 3660. The summed E-state index contributed by atoms with van der Waals surface area (Å²) in [6.45, 7) is 6.49. The molecule has 2 aromatic heterocycles. The second kappa shape index (κ2) is 12.8. The molecule has 11 aromatic rings. The van der Waals surface area contributed by atoms with Crippen LogP contribution in [0.1, 0.15) is 64.6 Å². The first kappa shape index (κ1) is 36.7. The van der Waals surface area contributed by atoms with Gasteiger partial charge in [-0.3, -0.25) is 0 Å². The van der Waals surface area contributed by atoms with Gasteiger partial charge in [-0.25, -0.2) is 0 Å². The van der Waals surface area contributed by atoms with E-state index in [1.807, 2.05) is 0 Å². The summed E-state index contributed by atoms with van der Waals surface area (Å²) in [6, 6.07) is 63.8. The van der Waals surface area contributed by atoms with Gasteiger partial charge in [0.05, 0.1) is 0 Å². The zero-order valence-electron chi connectivity index (χ0n) is 37.3. The molecule has 0 unspecified atom stereocenters. The molecule has 314 valence electrons. The van der Waals surface area contributed by atoms with Crippen molar-refractivity contribution in [3.8, 4) is 44.5 Å². The normalized spacial score (nSPS) is 15.5. The third-order valence-electron chi connectivity index (χ3n) is 15.9. The van der Waals surface area contributed by atoms with Crippen LogP contribution < -0.4 is 4.90 Å². The smallest absolute Gasteiger partial charge is 0.143 e. The van der Waals surface area contributed by atoms with E-state index < -0.39 is 0 Å². The van der Waals surface area contributed by atoms with Crippen molar-refractivity contribution in [3.63, 3.8) is 0 Å². The van der Waals surface area contributed by atoms with Gasteiger partial charge in [-0.15, -0.1) is 0 Å². The average molecular weight is 848 g/mol. The van der Waals surface area contributed by atoms with Crippen molar-refractivity contribution >= 4 is 60.9 Å². The summed E-state index contributed by atoms with van der Waals surface area (Å²) >= 11 is 0. The third kappa shape index (κ3) is 4.87. The maximum Gasteiger partial charge on any atom is 0.143 e. The monoisotopic (exact) mass is 847 g/mol. The number of aryl methyl sites for hydroxylation is 3. The van der Waals surface area contributed by atoms with Crippen molar-refractivity contribution in [2.45, 2.75) is 57.3 Å². The van der Waals surface area contributed by atoms with Gasteiger partial charge in [0.25, 0.3) is 0 Å². The van der Waals surface area contributed by atoms with Crippen LogP contribution in [0.25, 0.3) is 88.4 Å². The molecule has 9 aromatic carbocycles. The van der Waals surface area contributed by atoms with Gasteiger partial charge >= 0.3 is 0 Å². The molecule has 2 spiro atoms. The predicted octanol–water partition coefficient (Wildman–Crippen LogP) is 17.3. The van der Waals surface area contributed by atoms with Crippen LogP contribution in [0.15, 0.2) is 179 Å². The van der Waals surface area contributed by atoms with Gasteiger partial charge in [-0.05, 0) is 163 Å². The number of benzene rings is 9. The molecule has 2 heterocycles. The van der Waals surface area contributed by atoms with Crippen molar-refractivity contribution in [3.05, 3.63) is 209 Å². The van der Waals surface area contributed by atoms with Gasteiger partial charge in [0.15, 0.2) is 0 Å². The van der Waals surface area contributed by atoms with Crippen LogP contribution in [-0.4, -0.2) is 0 Å². The number of hydrogen-bond acceptors (Lipinski definition) is 3. The molecule has 0 bridgehead atoms. The van der Waals surface area contributed by atoms with E-state index in [9.17, 15) is 0 Å². The number of anilines is 3. The van der Waals surface area contributed by atoms with E-state index in [0.29, 0.717) is 0 Å². The molecule has 0 N–H and O–H groups in total. The van der Waals surface area contributed by atoms with Crippen LogP contribution in [0, 0.1) is 20.8 Å². The van der Waals surface area contributed by atoms with E-state index in [0.717, 1.165) is 53.7 Å². The number of fused-ring (bicyclic) bond motifs is 18. The number of rotatable bonds is 5. The molecular formula is C63H45NO2. The van der Waals surface area contributed by atoms with E-state index in [-0.39, 0.29) is 10.8 Å². The molecule has 3 heteroatoms. The lowest BCUT2D eigenvalue weighted by atomic mass is 9.89. The lowest BCUT2D eigenvalue weighted by Gasteiger charge is -2.28. The highest BCUT2D eigenvalue weighted by Gasteiger charge is 2.55. The SMILES string of the molecule is Cc1ccc(-c2cc3c(c4c2oc2ccccc24)-c2ccc(N(c4ccc(C)cc4)c4ccc5c(c4)C4(CC4)c4cc(-c6ccc(C)cc6)c6oc7ccccc7c6c4-5)cc2C32CC2)cc1. The highest BCUT2D eigenvalue weighted by Crippen LogP contribution is 2.68. The van der Waals surface area contributed by atoms with Crippen molar-refractivity contribution in [1.82, 2.24) is 0 Å². The highest BCUT2D eigenvalue weighted by molar-refractivity contribution is 6.20. The summed E-state index contributed by atoms with van der Waals surface area (Å²) in [5.74, 6) is 0. The van der Waals surface area contributed by atoms with Crippen molar-refractivity contribution < 1.29 is 8.83 Å². The Labute approximate surface area is 383 Å². The highest BCUT2D eigenvalue weighted by atomic mass is 16.3. The fraction of sp³-hybridized carbons (Fsp3) is 0.143. The number of nitrogens with zero attached hydrogens (tertiary/aromatic N) is 1. The van der Waals surface area contributed by atoms with Crippen molar-refractivity contribution in [2.24, 2.45) is 0 Å². The summed E-state index contributed by atoms with van der Waals surface area (Å²) < 4.78 is 13.7. The lowest BCUT2D eigenvalue weighted by Crippen LogP contribution is -2.13. The maximum atomic E-state index is 6.83. The fourth-order valence-electron chi connectivity index (χ4n) is 12.3. The maximum absolute atomic E-state index is 6.83. The third-order valence-corrected chi connectivity index (χ3v) is 15.9. The van der Waals surface area contributed by atoms with Crippen LogP contribution in [0.5, 0.6) is 0 Å². The first-order valence-corrected chi connectivity index (χ1v) is 23.7. The van der Waals surface area contributed by atoms with Gasteiger partial charge in [-0.1, -0.05) is 126 Å². The molecule has 0 saturated heterocycles. The molecule has 2 saturated carbocycles. The summed E-state index contributed by atoms with van der Waals surface area (Å²) in [5.41, 5.74) is 27.0. The van der Waals surface area contributed by atoms with Crippen LogP contribution in [-0.2, 0) is 10.8 Å². The minimum Gasteiger partial charge on any atom is -0.455 e. The van der Waals surface area contributed by atoms with E-state index in [2.05, 4.69) is 196 Å². The molecule has 0 aliphatic heterocycles. The minimum absolute atomic E-state index is 0.0306. The van der Waals surface area contributed by atoms with Crippen LogP contribution >= 0.6 is 0 Å². The van der Waals surface area contributed by atoms with Crippen molar-refractivity contribution in [1.29, 1.82) is 0 Å².